The summed E-state index contributed by atoms with van der Waals surface area (Å²) < 4.78 is 0. The molecule has 104 valence electrons. The predicted molar refractivity (Wildman–Crippen MR) is 87.4 cm³/mol. The van der Waals surface area contributed by atoms with Gasteiger partial charge in [-0.3, -0.25) is 4.79 Å². The minimum Gasteiger partial charge on any atom is -0.267 e. The Morgan fingerprint density at radius 2 is 1.70 bits per heavy atom. The summed E-state index contributed by atoms with van der Waals surface area (Å²) in [6, 6.07) is 3.95. The molecule has 20 heavy (non-hydrogen) atoms. The van der Waals surface area contributed by atoms with Crippen LogP contribution in [0, 0.1) is 0 Å². The zero-order valence-corrected chi connectivity index (χ0v) is 13.1. The maximum Gasteiger partial charge on any atom is 0.272 e. The first-order valence-electron chi connectivity index (χ1n) is 6.40. The maximum atomic E-state index is 11.9. The van der Waals surface area contributed by atoms with E-state index in [0.717, 1.165) is 16.7 Å². The fraction of sp³-hybridized carbons (Fsp3) is 0.200. The molecular weight excluding hydrogens is 288 g/mol. The lowest BCUT2D eigenvalue weighted by atomic mass is 10.0. The number of nitrogens with zero attached hydrogens (tertiary/aromatic N) is 1. The summed E-state index contributed by atoms with van der Waals surface area (Å²) in [6.07, 6.45) is 2.95. The molecule has 3 rings (SSSR count). The van der Waals surface area contributed by atoms with Crippen LogP contribution in [0.3, 0.4) is 0 Å². The van der Waals surface area contributed by atoms with Gasteiger partial charge in [-0.2, -0.15) is 27.8 Å². The van der Waals surface area contributed by atoms with Crippen LogP contribution in [-0.2, 0) is 0 Å². The molecule has 0 aliphatic heterocycles. The highest BCUT2D eigenvalue weighted by Crippen LogP contribution is 2.30. The fourth-order valence-electron chi connectivity index (χ4n) is 1.73. The summed E-state index contributed by atoms with van der Waals surface area (Å²) in [5.74, 6) is 0. The molecule has 3 aromatic rings. The molecule has 5 heteroatoms. The van der Waals surface area contributed by atoms with Crippen molar-refractivity contribution in [3.05, 3.63) is 50.2 Å². The summed E-state index contributed by atoms with van der Waals surface area (Å²) in [5, 5.41) is 14.3. The Morgan fingerprint density at radius 1 is 1.10 bits per heavy atom. The molecule has 3 nitrogen and oxygen atoms in total. The van der Waals surface area contributed by atoms with E-state index in [-0.39, 0.29) is 5.56 Å². The van der Waals surface area contributed by atoms with E-state index >= 15 is 0 Å². The summed E-state index contributed by atoms with van der Waals surface area (Å²) in [7, 11) is 0. The van der Waals surface area contributed by atoms with Crippen molar-refractivity contribution < 1.29 is 0 Å². The second-order valence-electron chi connectivity index (χ2n) is 4.22. The molecule has 3 aromatic heterocycles. The lowest BCUT2D eigenvalue weighted by Crippen LogP contribution is -2.11. The quantitative estimate of drug-likeness (QED) is 0.749. The van der Waals surface area contributed by atoms with E-state index in [9.17, 15) is 4.79 Å². The van der Waals surface area contributed by atoms with Crippen molar-refractivity contribution in [3.63, 3.8) is 0 Å². The van der Waals surface area contributed by atoms with Crippen LogP contribution in [0.5, 0.6) is 0 Å². The van der Waals surface area contributed by atoms with E-state index in [0.29, 0.717) is 5.56 Å². The van der Waals surface area contributed by atoms with E-state index in [2.05, 4.69) is 24.0 Å². The van der Waals surface area contributed by atoms with Gasteiger partial charge in [0, 0.05) is 5.56 Å². The minimum atomic E-state index is -0.146. The molecule has 0 radical (unpaired) electrons. The first-order valence-corrected chi connectivity index (χ1v) is 8.29. The number of aromatic nitrogens is 2. The van der Waals surface area contributed by atoms with Crippen LogP contribution in [0.2, 0.25) is 0 Å². The Balaban J connectivity index is 0.000000452. The third-order valence-corrected chi connectivity index (χ3v) is 3.86. The smallest absolute Gasteiger partial charge is 0.267 e. The average Bonchev–Trinajstić information content (AvgIpc) is 3.13. The van der Waals surface area contributed by atoms with E-state index in [4.69, 9.17) is 0 Å². The first kappa shape index (κ1) is 14.7. The van der Waals surface area contributed by atoms with Gasteiger partial charge in [-0.25, -0.2) is 5.10 Å². The van der Waals surface area contributed by atoms with E-state index in [1.54, 1.807) is 28.9 Å². The van der Waals surface area contributed by atoms with Crippen LogP contribution in [-0.4, -0.2) is 10.2 Å². The van der Waals surface area contributed by atoms with Gasteiger partial charge in [0.2, 0.25) is 0 Å². The number of rotatable bonds is 2. The fourth-order valence-corrected chi connectivity index (χ4v) is 3.03. The van der Waals surface area contributed by atoms with Crippen LogP contribution in [0.4, 0.5) is 0 Å². The number of H-pyrrole nitrogens is 1. The number of aromatic amines is 1. The average molecular weight is 304 g/mol. The van der Waals surface area contributed by atoms with Crippen molar-refractivity contribution in [1.29, 1.82) is 0 Å². The largest absolute Gasteiger partial charge is 0.272 e. The zero-order valence-electron chi connectivity index (χ0n) is 11.4. The van der Waals surface area contributed by atoms with Crippen LogP contribution in [0.1, 0.15) is 20.3 Å². The number of hydrogen-bond donors (Lipinski definition) is 1. The molecule has 0 atom stereocenters. The molecule has 0 saturated carbocycles. The highest BCUT2D eigenvalue weighted by molar-refractivity contribution is 7.08. The molecule has 0 aliphatic carbocycles. The highest BCUT2D eigenvalue weighted by Gasteiger charge is 2.12. The van der Waals surface area contributed by atoms with Gasteiger partial charge in [0.05, 0.1) is 11.8 Å². The summed E-state index contributed by atoms with van der Waals surface area (Å²) in [4.78, 5) is 11.9. The molecule has 3 heterocycles. The van der Waals surface area contributed by atoms with Crippen molar-refractivity contribution in [2.75, 3.05) is 0 Å². The van der Waals surface area contributed by atoms with Crippen LogP contribution in [0.25, 0.3) is 22.3 Å². The zero-order chi connectivity index (χ0) is 14.4. The van der Waals surface area contributed by atoms with Gasteiger partial charge in [-0.15, -0.1) is 0 Å². The molecule has 0 spiro atoms. The third-order valence-electron chi connectivity index (χ3n) is 2.50. The lowest BCUT2D eigenvalue weighted by Gasteiger charge is -2.04. The summed E-state index contributed by atoms with van der Waals surface area (Å²) in [5.41, 5.74) is 3.41. The summed E-state index contributed by atoms with van der Waals surface area (Å²) >= 11 is 3.19. The Hall–Kier alpha value is -1.72. The topological polar surface area (TPSA) is 45.8 Å². The van der Waals surface area contributed by atoms with Crippen molar-refractivity contribution in [1.82, 2.24) is 10.2 Å². The molecule has 0 aromatic carbocycles. The minimum absolute atomic E-state index is 0.146. The second kappa shape index (κ2) is 7.17. The second-order valence-corrected chi connectivity index (χ2v) is 5.78. The van der Waals surface area contributed by atoms with E-state index in [1.807, 2.05) is 33.7 Å². The van der Waals surface area contributed by atoms with Crippen LogP contribution >= 0.6 is 22.7 Å². The Bertz CT molecular complexity index is 685. The van der Waals surface area contributed by atoms with Gasteiger partial charge in [-0.05, 0) is 44.8 Å². The monoisotopic (exact) mass is 304 g/mol. The van der Waals surface area contributed by atoms with E-state index in [1.165, 1.54) is 6.42 Å². The van der Waals surface area contributed by atoms with Gasteiger partial charge in [0.15, 0.2) is 0 Å². The Morgan fingerprint density at radius 3 is 2.25 bits per heavy atom. The first-order chi connectivity index (χ1) is 9.77. The maximum absolute atomic E-state index is 11.9. The Kier molecular flexibility index (Phi) is 5.26. The SMILES string of the molecule is CCC.O=c1[nH]ncc(-c2ccsc2)c1-c1ccsc1. The standard InChI is InChI=1S/C12H8N2OS2.C3H8/c15-12-11(9-2-4-17-7-9)10(5-13-14-12)8-1-3-16-6-8;1-3-2/h1-7H,(H,14,15);3H2,1-2H3. The van der Waals surface area contributed by atoms with E-state index < -0.39 is 0 Å². The number of thiophene rings is 2. The van der Waals surface area contributed by atoms with Gasteiger partial charge in [0.25, 0.3) is 5.56 Å². The highest BCUT2D eigenvalue weighted by atomic mass is 32.1. The molecule has 0 bridgehead atoms. The number of nitrogens with one attached hydrogen (secondary N) is 1. The molecule has 1 N–H and O–H groups in total. The van der Waals surface area contributed by atoms with Crippen molar-refractivity contribution in [3.8, 4) is 22.3 Å². The molecule has 0 unspecified atom stereocenters. The molecule has 0 aliphatic rings. The summed E-state index contributed by atoms with van der Waals surface area (Å²) in [6.45, 7) is 4.25. The van der Waals surface area contributed by atoms with Gasteiger partial charge in [-0.1, -0.05) is 20.3 Å². The van der Waals surface area contributed by atoms with Crippen molar-refractivity contribution in [2.45, 2.75) is 20.3 Å². The number of hydrogen-bond acceptors (Lipinski definition) is 4. The van der Waals surface area contributed by atoms with Crippen LogP contribution < -0.4 is 5.56 Å². The molecule has 0 amide bonds. The van der Waals surface area contributed by atoms with Gasteiger partial charge >= 0.3 is 0 Å². The predicted octanol–water partition coefficient (Wildman–Crippen LogP) is 4.64. The van der Waals surface area contributed by atoms with Crippen molar-refractivity contribution in [2.24, 2.45) is 0 Å². The molecule has 0 saturated heterocycles. The normalized spacial score (nSPS) is 9.90. The van der Waals surface area contributed by atoms with Gasteiger partial charge < -0.3 is 0 Å². The molecule has 0 fully saturated rings. The Labute approximate surface area is 125 Å². The third kappa shape index (κ3) is 3.23. The molecular formula is C15H16N2OS2. The van der Waals surface area contributed by atoms with Crippen LogP contribution in [0.15, 0.2) is 44.6 Å². The van der Waals surface area contributed by atoms with Crippen molar-refractivity contribution >= 4 is 22.7 Å². The van der Waals surface area contributed by atoms with Gasteiger partial charge in [0.1, 0.15) is 0 Å². The lowest BCUT2D eigenvalue weighted by molar-refractivity contribution is 0.994.